The molecule has 0 heterocycles. The number of aliphatic carboxylic acids is 1. The molecule has 0 fully saturated rings. The van der Waals surface area contributed by atoms with Crippen molar-refractivity contribution in [2.24, 2.45) is 0 Å². The fourth-order valence-corrected chi connectivity index (χ4v) is 1.53. The number of carboxylic acid groups (broad SMARTS) is 1. The number of hydrogen-bond acceptors (Lipinski definition) is 1. The molecule has 2 nitrogen and oxygen atoms in total. The summed E-state index contributed by atoms with van der Waals surface area (Å²) in [5.74, 6) is -0.672. The fraction of sp³-hybridized carbons (Fsp3) is 0.643. The van der Waals surface area contributed by atoms with E-state index in [1.807, 2.05) is 19.1 Å². The maximum absolute atomic E-state index is 10.2. The average molecular weight is 224 g/mol. The number of allylic oxidation sites excluding steroid dienone is 4. The topological polar surface area (TPSA) is 37.3 Å². The minimum absolute atomic E-state index is 0.325. The first kappa shape index (κ1) is 14.9. The van der Waals surface area contributed by atoms with Crippen LogP contribution in [0.2, 0.25) is 0 Å². The van der Waals surface area contributed by atoms with Crippen molar-refractivity contribution in [1.29, 1.82) is 0 Å². The monoisotopic (exact) mass is 224 g/mol. The highest BCUT2D eigenvalue weighted by atomic mass is 16.4. The van der Waals surface area contributed by atoms with Gasteiger partial charge in [-0.15, -0.1) is 0 Å². The average Bonchev–Trinajstić information content (AvgIpc) is 2.25. The molecular weight excluding hydrogens is 200 g/mol. The Hall–Kier alpha value is -1.05. The molecule has 0 aliphatic heterocycles. The van der Waals surface area contributed by atoms with Crippen LogP contribution in [0.3, 0.4) is 0 Å². The van der Waals surface area contributed by atoms with Crippen LogP contribution in [-0.4, -0.2) is 11.1 Å². The predicted octanol–water partition coefficient (Wildman–Crippen LogP) is 4.32. The van der Waals surface area contributed by atoms with Gasteiger partial charge in [0.15, 0.2) is 0 Å². The Kier molecular flexibility index (Phi) is 11.2. The smallest absolute Gasteiger partial charge is 0.303 e. The van der Waals surface area contributed by atoms with E-state index in [0.717, 1.165) is 19.3 Å². The Balaban J connectivity index is 3.07. The Bertz CT molecular complexity index is 217. The van der Waals surface area contributed by atoms with E-state index in [9.17, 15) is 4.79 Å². The van der Waals surface area contributed by atoms with Gasteiger partial charge < -0.3 is 5.11 Å². The molecule has 0 unspecified atom stereocenters. The molecule has 92 valence electrons. The summed E-state index contributed by atoms with van der Waals surface area (Å²) in [7, 11) is 0. The maximum Gasteiger partial charge on any atom is 0.303 e. The third-order valence-electron chi connectivity index (χ3n) is 2.45. The summed E-state index contributed by atoms with van der Waals surface area (Å²) in [6.07, 6.45) is 16.6. The molecule has 0 radical (unpaired) electrons. The number of unbranched alkanes of at least 4 members (excludes halogenated alkanes) is 6. The van der Waals surface area contributed by atoms with Gasteiger partial charge in [0.25, 0.3) is 0 Å². The summed E-state index contributed by atoms with van der Waals surface area (Å²) in [5.41, 5.74) is 0. The first-order valence-electron chi connectivity index (χ1n) is 6.27. The second-order valence-corrected chi connectivity index (χ2v) is 4.01. The highest BCUT2D eigenvalue weighted by Crippen LogP contribution is 2.08. The Labute approximate surface area is 99.1 Å². The van der Waals surface area contributed by atoms with Crippen LogP contribution in [0.15, 0.2) is 24.3 Å². The van der Waals surface area contributed by atoms with Crippen molar-refractivity contribution in [3.05, 3.63) is 24.3 Å². The molecule has 2 heteroatoms. The number of hydrogen-bond donors (Lipinski definition) is 1. The van der Waals surface area contributed by atoms with Crippen molar-refractivity contribution in [3.8, 4) is 0 Å². The fourth-order valence-electron chi connectivity index (χ4n) is 1.53. The highest BCUT2D eigenvalue weighted by Gasteiger charge is 1.95. The van der Waals surface area contributed by atoms with Crippen LogP contribution in [0.1, 0.15) is 58.3 Å². The Morgan fingerprint density at radius 3 is 2.25 bits per heavy atom. The van der Waals surface area contributed by atoms with Gasteiger partial charge in [-0.3, -0.25) is 4.79 Å². The summed E-state index contributed by atoms with van der Waals surface area (Å²) < 4.78 is 0. The zero-order chi connectivity index (χ0) is 12.1. The summed E-state index contributed by atoms with van der Waals surface area (Å²) >= 11 is 0. The second kappa shape index (κ2) is 12.0. The zero-order valence-corrected chi connectivity index (χ0v) is 10.3. The molecule has 0 aromatic rings. The molecule has 0 aromatic heterocycles. The number of rotatable bonds is 10. The molecule has 16 heavy (non-hydrogen) atoms. The van der Waals surface area contributed by atoms with E-state index in [4.69, 9.17) is 5.11 Å². The summed E-state index contributed by atoms with van der Waals surface area (Å²) in [4.78, 5) is 10.2. The molecule has 0 saturated heterocycles. The van der Waals surface area contributed by atoms with Gasteiger partial charge in [-0.25, -0.2) is 0 Å². The van der Waals surface area contributed by atoms with Gasteiger partial charge in [0.05, 0.1) is 0 Å². The highest BCUT2D eigenvalue weighted by molar-refractivity contribution is 5.66. The van der Waals surface area contributed by atoms with E-state index in [1.165, 1.54) is 25.7 Å². The molecule has 0 bridgehead atoms. The van der Waals surface area contributed by atoms with Crippen molar-refractivity contribution < 1.29 is 9.90 Å². The molecule has 0 rings (SSSR count). The predicted molar refractivity (Wildman–Crippen MR) is 68.5 cm³/mol. The van der Waals surface area contributed by atoms with E-state index < -0.39 is 5.97 Å². The third kappa shape index (κ3) is 12.9. The molecule has 0 aromatic carbocycles. The lowest BCUT2D eigenvalue weighted by Crippen LogP contribution is -1.93. The maximum atomic E-state index is 10.2. The normalized spacial score (nSPS) is 11.6. The quantitative estimate of drug-likeness (QED) is 0.443. The summed E-state index contributed by atoms with van der Waals surface area (Å²) in [6, 6.07) is 0. The second-order valence-electron chi connectivity index (χ2n) is 4.01. The van der Waals surface area contributed by atoms with Crippen LogP contribution in [0, 0.1) is 0 Å². The third-order valence-corrected chi connectivity index (χ3v) is 2.45. The zero-order valence-electron chi connectivity index (χ0n) is 10.3. The van der Waals surface area contributed by atoms with Crippen LogP contribution in [-0.2, 0) is 4.79 Å². The van der Waals surface area contributed by atoms with E-state index in [0.29, 0.717) is 6.42 Å². The van der Waals surface area contributed by atoms with Crippen molar-refractivity contribution >= 4 is 5.97 Å². The SMILES string of the molecule is C/C=C/C=C/CCCCCCCCC(=O)O. The van der Waals surface area contributed by atoms with Crippen LogP contribution >= 0.6 is 0 Å². The molecule has 1 N–H and O–H groups in total. The molecule has 0 saturated carbocycles. The minimum Gasteiger partial charge on any atom is -0.481 e. The van der Waals surface area contributed by atoms with E-state index in [2.05, 4.69) is 12.2 Å². The number of carboxylic acids is 1. The van der Waals surface area contributed by atoms with Crippen molar-refractivity contribution in [3.63, 3.8) is 0 Å². The number of carbonyl (C=O) groups is 1. The van der Waals surface area contributed by atoms with Crippen LogP contribution in [0.25, 0.3) is 0 Å². The lowest BCUT2D eigenvalue weighted by atomic mass is 10.1. The van der Waals surface area contributed by atoms with Crippen LogP contribution in [0.5, 0.6) is 0 Å². The van der Waals surface area contributed by atoms with Gasteiger partial charge >= 0.3 is 5.97 Å². The van der Waals surface area contributed by atoms with Crippen LogP contribution in [0.4, 0.5) is 0 Å². The largest absolute Gasteiger partial charge is 0.481 e. The van der Waals surface area contributed by atoms with Crippen molar-refractivity contribution in [1.82, 2.24) is 0 Å². The standard InChI is InChI=1S/C14H24O2/c1-2-3-4-5-6-7-8-9-10-11-12-13-14(15)16/h2-5H,6-13H2,1H3,(H,15,16)/b3-2+,5-4+. The molecule has 0 spiro atoms. The Morgan fingerprint density at radius 1 is 1.00 bits per heavy atom. The molecule has 0 amide bonds. The van der Waals surface area contributed by atoms with Crippen molar-refractivity contribution in [2.75, 3.05) is 0 Å². The van der Waals surface area contributed by atoms with E-state index in [-0.39, 0.29) is 0 Å². The van der Waals surface area contributed by atoms with Gasteiger partial charge in [-0.2, -0.15) is 0 Å². The molecule has 0 atom stereocenters. The molecular formula is C14H24O2. The minimum atomic E-state index is -0.672. The van der Waals surface area contributed by atoms with Gasteiger partial charge in [0, 0.05) is 6.42 Å². The lowest BCUT2D eigenvalue weighted by molar-refractivity contribution is -0.137. The van der Waals surface area contributed by atoms with E-state index in [1.54, 1.807) is 0 Å². The first-order valence-corrected chi connectivity index (χ1v) is 6.27. The Morgan fingerprint density at radius 2 is 1.62 bits per heavy atom. The lowest BCUT2D eigenvalue weighted by Gasteiger charge is -1.98. The molecule has 0 aliphatic rings. The first-order chi connectivity index (χ1) is 7.77. The summed E-state index contributed by atoms with van der Waals surface area (Å²) in [6.45, 7) is 2.02. The van der Waals surface area contributed by atoms with Gasteiger partial charge in [0.2, 0.25) is 0 Å². The van der Waals surface area contributed by atoms with Crippen molar-refractivity contribution in [2.45, 2.75) is 58.3 Å². The molecule has 0 aliphatic carbocycles. The van der Waals surface area contributed by atoms with Gasteiger partial charge in [-0.05, 0) is 26.2 Å². The van der Waals surface area contributed by atoms with Gasteiger partial charge in [-0.1, -0.05) is 50.0 Å². The summed E-state index contributed by atoms with van der Waals surface area (Å²) in [5, 5.41) is 8.44. The van der Waals surface area contributed by atoms with Crippen LogP contribution < -0.4 is 0 Å². The van der Waals surface area contributed by atoms with Gasteiger partial charge in [0.1, 0.15) is 0 Å². The van der Waals surface area contributed by atoms with E-state index >= 15 is 0 Å².